The van der Waals surface area contributed by atoms with Gasteiger partial charge < -0.3 is 10.2 Å². The van der Waals surface area contributed by atoms with Gasteiger partial charge in [-0.3, -0.25) is 4.79 Å². The molecule has 4 heteroatoms. The third-order valence-electron chi connectivity index (χ3n) is 3.45. The predicted octanol–water partition coefficient (Wildman–Crippen LogP) is 3.94. The third kappa shape index (κ3) is 5.74. The molecule has 1 heterocycles. The first-order valence-electron chi connectivity index (χ1n) is 8.11. The van der Waals surface area contributed by atoms with Crippen molar-refractivity contribution in [1.29, 1.82) is 0 Å². The standard InChI is InChI=1S/C17H29N3O/c1-5-7-8-12-20(14(3)4)17(21)16-10-9-15(13-19-16)18-11-6-2/h9-10,13-14,18H,5-8,11-12H2,1-4H3. The fourth-order valence-electron chi connectivity index (χ4n) is 2.17. The molecule has 1 aromatic heterocycles. The van der Waals surface area contributed by atoms with Crippen LogP contribution in [0.1, 0.15) is 63.9 Å². The molecule has 0 aliphatic carbocycles. The van der Waals surface area contributed by atoms with Crippen LogP contribution in [0.3, 0.4) is 0 Å². The number of hydrogen-bond donors (Lipinski definition) is 1. The van der Waals surface area contributed by atoms with Crippen molar-refractivity contribution in [3.63, 3.8) is 0 Å². The lowest BCUT2D eigenvalue weighted by Crippen LogP contribution is -2.38. The van der Waals surface area contributed by atoms with Gasteiger partial charge in [-0.1, -0.05) is 26.7 Å². The third-order valence-corrected chi connectivity index (χ3v) is 3.45. The monoisotopic (exact) mass is 291 g/mol. The molecule has 0 saturated carbocycles. The number of carbonyl (C=O) groups excluding carboxylic acids is 1. The molecule has 0 unspecified atom stereocenters. The fraction of sp³-hybridized carbons (Fsp3) is 0.647. The van der Waals surface area contributed by atoms with Gasteiger partial charge in [0.05, 0.1) is 11.9 Å². The molecule has 4 nitrogen and oxygen atoms in total. The zero-order chi connectivity index (χ0) is 15.7. The molecule has 1 aromatic rings. The number of carbonyl (C=O) groups is 1. The highest BCUT2D eigenvalue weighted by Gasteiger charge is 2.19. The lowest BCUT2D eigenvalue weighted by Gasteiger charge is -2.26. The highest BCUT2D eigenvalue weighted by atomic mass is 16.2. The lowest BCUT2D eigenvalue weighted by atomic mass is 10.2. The van der Waals surface area contributed by atoms with E-state index >= 15 is 0 Å². The lowest BCUT2D eigenvalue weighted by molar-refractivity contribution is 0.0696. The first-order valence-corrected chi connectivity index (χ1v) is 8.11. The summed E-state index contributed by atoms with van der Waals surface area (Å²) in [6.07, 6.45) is 6.18. The molecule has 0 bridgehead atoms. The first kappa shape index (κ1) is 17.5. The summed E-state index contributed by atoms with van der Waals surface area (Å²) in [6, 6.07) is 3.95. The van der Waals surface area contributed by atoms with Crippen molar-refractivity contribution in [2.24, 2.45) is 0 Å². The van der Waals surface area contributed by atoms with Crippen molar-refractivity contribution in [3.05, 3.63) is 24.0 Å². The molecule has 0 atom stereocenters. The van der Waals surface area contributed by atoms with E-state index in [0.29, 0.717) is 5.69 Å². The van der Waals surface area contributed by atoms with Gasteiger partial charge in [0, 0.05) is 19.1 Å². The molecule has 0 spiro atoms. The van der Waals surface area contributed by atoms with Crippen molar-refractivity contribution >= 4 is 11.6 Å². The Morgan fingerprint density at radius 1 is 1.24 bits per heavy atom. The second-order valence-electron chi connectivity index (χ2n) is 5.66. The Balaban J connectivity index is 2.69. The van der Waals surface area contributed by atoms with Crippen LogP contribution in [0.4, 0.5) is 5.69 Å². The quantitative estimate of drug-likeness (QED) is 0.701. The highest BCUT2D eigenvalue weighted by molar-refractivity contribution is 5.92. The van der Waals surface area contributed by atoms with Gasteiger partial charge in [0.1, 0.15) is 5.69 Å². The second-order valence-corrected chi connectivity index (χ2v) is 5.66. The van der Waals surface area contributed by atoms with Crippen LogP contribution in [0.15, 0.2) is 18.3 Å². The van der Waals surface area contributed by atoms with Crippen LogP contribution in [-0.4, -0.2) is 34.9 Å². The van der Waals surface area contributed by atoms with E-state index in [1.54, 1.807) is 6.20 Å². The molecule has 0 aliphatic rings. The topological polar surface area (TPSA) is 45.2 Å². The largest absolute Gasteiger partial charge is 0.384 e. The van der Waals surface area contributed by atoms with Gasteiger partial charge in [-0.25, -0.2) is 4.98 Å². The summed E-state index contributed by atoms with van der Waals surface area (Å²) >= 11 is 0. The number of pyridine rings is 1. The van der Waals surface area contributed by atoms with Gasteiger partial charge in [-0.05, 0) is 38.8 Å². The number of anilines is 1. The van der Waals surface area contributed by atoms with Crippen LogP contribution in [0, 0.1) is 0 Å². The minimum Gasteiger partial charge on any atom is -0.384 e. The van der Waals surface area contributed by atoms with E-state index in [2.05, 4.69) is 38.0 Å². The Bertz CT molecular complexity index is 415. The average molecular weight is 291 g/mol. The van der Waals surface area contributed by atoms with E-state index in [0.717, 1.165) is 44.5 Å². The molecular weight excluding hydrogens is 262 g/mol. The van der Waals surface area contributed by atoms with E-state index in [1.165, 1.54) is 0 Å². The number of nitrogens with zero attached hydrogens (tertiary/aromatic N) is 2. The summed E-state index contributed by atoms with van der Waals surface area (Å²) < 4.78 is 0. The van der Waals surface area contributed by atoms with Crippen LogP contribution in [0.5, 0.6) is 0 Å². The van der Waals surface area contributed by atoms with Crippen LogP contribution in [0.25, 0.3) is 0 Å². The number of nitrogens with one attached hydrogen (secondary N) is 1. The molecule has 1 N–H and O–H groups in total. The Labute approximate surface area is 129 Å². The van der Waals surface area contributed by atoms with Crippen molar-refractivity contribution in [3.8, 4) is 0 Å². The molecule has 118 valence electrons. The fourth-order valence-corrected chi connectivity index (χ4v) is 2.17. The maximum absolute atomic E-state index is 12.5. The average Bonchev–Trinajstić information content (AvgIpc) is 2.49. The maximum Gasteiger partial charge on any atom is 0.272 e. The molecule has 0 aromatic carbocycles. The van der Waals surface area contributed by atoms with E-state index in [-0.39, 0.29) is 11.9 Å². The van der Waals surface area contributed by atoms with Crippen LogP contribution in [-0.2, 0) is 0 Å². The molecule has 1 rings (SSSR count). The van der Waals surface area contributed by atoms with Crippen molar-refractivity contribution < 1.29 is 4.79 Å². The molecule has 21 heavy (non-hydrogen) atoms. The van der Waals surface area contributed by atoms with Gasteiger partial charge in [0.25, 0.3) is 5.91 Å². The van der Waals surface area contributed by atoms with Crippen LogP contribution in [0.2, 0.25) is 0 Å². The van der Waals surface area contributed by atoms with Crippen molar-refractivity contribution in [1.82, 2.24) is 9.88 Å². The Morgan fingerprint density at radius 3 is 2.52 bits per heavy atom. The Hall–Kier alpha value is -1.58. The number of aromatic nitrogens is 1. The van der Waals surface area contributed by atoms with Crippen LogP contribution >= 0.6 is 0 Å². The van der Waals surface area contributed by atoms with Gasteiger partial charge in [0.15, 0.2) is 0 Å². The van der Waals surface area contributed by atoms with Crippen LogP contribution < -0.4 is 5.32 Å². The van der Waals surface area contributed by atoms with Gasteiger partial charge in [-0.15, -0.1) is 0 Å². The van der Waals surface area contributed by atoms with Gasteiger partial charge in [-0.2, -0.15) is 0 Å². The van der Waals surface area contributed by atoms with Gasteiger partial charge >= 0.3 is 0 Å². The Morgan fingerprint density at radius 2 is 2.00 bits per heavy atom. The van der Waals surface area contributed by atoms with E-state index < -0.39 is 0 Å². The normalized spacial score (nSPS) is 10.7. The van der Waals surface area contributed by atoms with Gasteiger partial charge in [0.2, 0.25) is 0 Å². The van der Waals surface area contributed by atoms with Crippen molar-refractivity contribution in [2.75, 3.05) is 18.4 Å². The Kier molecular flexibility index (Phi) is 7.80. The van der Waals surface area contributed by atoms with E-state index in [9.17, 15) is 4.79 Å². The summed E-state index contributed by atoms with van der Waals surface area (Å²) in [7, 11) is 0. The number of rotatable bonds is 9. The molecule has 1 amide bonds. The maximum atomic E-state index is 12.5. The molecule has 0 radical (unpaired) electrons. The number of amides is 1. The molecule has 0 fully saturated rings. The molecule has 0 aliphatic heterocycles. The number of hydrogen-bond acceptors (Lipinski definition) is 3. The smallest absolute Gasteiger partial charge is 0.272 e. The number of unbranched alkanes of at least 4 members (excludes halogenated alkanes) is 2. The highest BCUT2D eigenvalue weighted by Crippen LogP contribution is 2.11. The predicted molar refractivity (Wildman–Crippen MR) is 88.7 cm³/mol. The zero-order valence-electron chi connectivity index (χ0n) is 13.9. The van der Waals surface area contributed by atoms with E-state index in [1.807, 2.05) is 17.0 Å². The first-order chi connectivity index (χ1) is 10.1. The SMILES string of the molecule is CCCCCN(C(=O)c1ccc(NCCC)cn1)C(C)C. The summed E-state index contributed by atoms with van der Waals surface area (Å²) in [6.45, 7) is 10.1. The minimum atomic E-state index is 0.0307. The molecule has 0 saturated heterocycles. The second kappa shape index (κ2) is 9.37. The minimum absolute atomic E-state index is 0.0307. The summed E-state index contributed by atoms with van der Waals surface area (Å²) in [5, 5.41) is 3.27. The summed E-state index contributed by atoms with van der Waals surface area (Å²) in [5.41, 5.74) is 1.50. The summed E-state index contributed by atoms with van der Waals surface area (Å²) in [4.78, 5) is 18.8. The molecular formula is C17H29N3O. The van der Waals surface area contributed by atoms with E-state index in [4.69, 9.17) is 0 Å². The van der Waals surface area contributed by atoms with Crippen molar-refractivity contribution in [2.45, 2.75) is 59.4 Å². The zero-order valence-corrected chi connectivity index (χ0v) is 13.9. The summed E-state index contributed by atoms with van der Waals surface area (Å²) in [5.74, 6) is 0.0307.